The fourth-order valence-electron chi connectivity index (χ4n) is 4.00. The molecule has 2 amide bonds. The van der Waals surface area contributed by atoms with E-state index < -0.39 is 12.0 Å². The van der Waals surface area contributed by atoms with E-state index in [0.717, 1.165) is 16.3 Å². The second-order valence-corrected chi connectivity index (χ2v) is 8.07. The fraction of sp³-hybridized carbons (Fsp3) is 0.0690. The molecule has 1 heterocycles. The molecule has 0 atom stereocenters. The molecule has 178 valence electrons. The van der Waals surface area contributed by atoms with Crippen LogP contribution in [0.2, 0.25) is 0 Å². The van der Waals surface area contributed by atoms with E-state index in [0.29, 0.717) is 28.5 Å². The van der Waals surface area contributed by atoms with Gasteiger partial charge in [0.25, 0.3) is 0 Å². The van der Waals surface area contributed by atoms with Crippen LogP contribution in [0, 0.1) is 0 Å². The lowest BCUT2D eigenvalue weighted by Gasteiger charge is -2.12. The Hall–Kier alpha value is -4.91. The number of rotatable bonds is 6. The highest BCUT2D eigenvalue weighted by Gasteiger charge is 2.16. The number of ether oxygens (including phenoxy) is 1. The number of carbonyl (C=O) groups excluding carboxylic acids is 2. The number of aromatic nitrogens is 2. The summed E-state index contributed by atoms with van der Waals surface area (Å²) < 4.78 is 6.75. The van der Waals surface area contributed by atoms with Crippen LogP contribution in [0.15, 0.2) is 103 Å². The Labute approximate surface area is 208 Å². The predicted octanol–water partition coefficient (Wildman–Crippen LogP) is 6.51. The van der Waals surface area contributed by atoms with E-state index in [1.165, 1.54) is 0 Å². The van der Waals surface area contributed by atoms with Crippen LogP contribution in [0.1, 0.15) is 17.3 Å². The maximum atomic E-state index is 13.1. The molecular weight excluding hydrogens is 452 g/mol. The molecule has 0 spiro atoms. The predicted molar refractivity (Wildman–Crippen MR) is 142 cm³/mol. The number of nitrogens with zero attached hydrogens (tertiary/aromatic N) is 2. The maximum absolute atomic E-state index is 13.1. The molecule has 4 aromatic carbocycles. The molecule has 0 saturated carbocycles. The Morgan fingerprint density at radius 1 is 0.833 bits per heavy atom. The zero-order chi connectivity index (χ0) is 24.9. The zero-order valence-electron chi connectivity index (χ0n) is 19.6. The van der Waals surface area contributed by atoms with Gasteiger partial charge in [-0.1, -0.05) is 72.8 Å². The SMILES string of the molecule is CCOC(=O)c1cccc(-n2nc(-c3ccccc3)cc2NC(=O)Nc2cccc3ccccc23)c1. The first kappa shape index (κ1) is 22.9. The van der Waals surface area contributed by atoms with Crippen molar-refractivity contribution >= 4 is 34.3 Å². The molecule has 0 bridgehead atoms. The van der Waals surface area contributed by atoms with Crippen LogP contribution in [0.25, 0.3) is 27.7 Å². The lowest BCUT2D eigenvalue weighted by atomic mass is 10.1. The number of urea groups is 1. The van der Waals surface area contributed by atoms with Gasteiger partial charge in [-0.25, -0.2) is 14.3 Å². The van der Waals surface area contributed by atoms with E-state index in [-0.39, 0.29) is 6.61 Å². The average molecular weight is 477 g/mol. The number of nitrogens with one attached hydrogen (secondary N) is 2. The highest BCUT2D eigenvalue weighted by atomic mass is 16.5. The number of amides is 2. The molecule has 0 unspecified atom stereocenters. The Bertz CT molecular complexity index is 1540. The Morgan fingerprint density at radius 3 is 2.42 bits per heavy atom. The quantitative estimate of drug-likeness (QED) is 0.274. The lowest BCUT2D eigenvalue weighted by molar-refractivity contribution is 0.0526. The number of esters is 1. The summed E-state index contributed by atoms with van der Waals surface area (Å²) >= 11 is 0. The van der Waals surface area contributed by atoms with Gasteiger partial charge in [0.1, 0.15) is 5.82 Å². The van der Waals surface area contributed by atoms with E-state index in [2.05, 4.69) is 10.6 Å². The summed E-state index contributed by atoms with van der Waals surface area (Å²) in [6, 6.07) is 31.6. The van der Waals surface area contributed by atoms with Crippen molar-refractivity contribution in [3.8, 4) is 16.9 Å². The van der Waals surface area contributed by atoms with Gasteiger partial charge in [-0.2, -0.15) is 5.10 Å². The molecule has 0 aliphatic carbocycles. The summed E-state index contributed by atoms with van der Waals surface area (Å²) in [5.74, 6) is 0.0330. The van der Waals surface area contributed by atoms with Crippen molar-refractivity contribution in [2.75, 3.05) is 17.2 Å². The molecule has 0 fully saturated rings. The van der Waals surface area contributed by atoms with Gasteiger partial charge in [-0.15, -0.1) is 0 Å². The van der Waals surface area contributed by atoms with Gasteiger partial charge < -0.3 is 10.1 Å². The van der Waals surface area contributed by atoms with E-state index in [4.69, 9.17) is 9.84 Å². The molecule has 0 saturated heterocycles. The number of hydrogen-bond donors (Lipinski definition) is 2. The van der Waals surface area contributed by atoms with Crippen LogP contribution in [0.3, 0.4) is 0 Å². The van der Waals surface area contributed by atoms with Gasteiger partial charge in [0.05, 0.1) is 29.2 Å². The van der Waals surface area contributed by atoms with Crippen LogP contribution in [0.4, 0.5) is 16.3 Å². The topological polar surface area (TPSA) is 85.2 Å². The molecule has 36 heavy (non-hydrogen) atoms. The number of fused-ring (bicyclic) bond motifs is 1. The van der Waals surface area contributed by atoms with Gasteiger partial charge in [0, 0.05) is 17.0 Å². The van der Waals surface area contributed by atoms with Gasteiger partial charge in [-0.05, 0) is 36.6 Å². The number of benzene rings is 4. The molecule has 5 aromatic rings. The second kappa shape index (κ2) is 10.1. The first-order valence-corrected chi connectivity index (χ1v) is 11.6. The third-order valence-electron chi connectivity index (χ3n) is 5.66. The van der Waals surface area contributed by atoms with Crippen LogP contribution in [0.5, 0.6) is 0 Å². The van der Waals surface area contributed by atoms with Gasteiger partial charge in [0.15, 0.2) is 0 Å². The van der Waals surface area contributed by atoms with Gasteiger partial charge in [-0.3, -0.25) is 5.32 Å². The van der Waals surface area contributed by atoms with Crippen molar-refractivity contribution in [2.24, 2.45) is 0 Å². The van der Waals surface area contributed by atoms with E-state index in [1.807, 2.05) is 78.9 Å². The van der Waals surface area contributed by atoms with Crippen molar-refractivity contribution in [1.82, 2.24) is 9.78 Å². The minimum Gasteiger partial charge on any atom is -0.462 e. The first-order chi connectivity index (χ1) is 17.6. The van der Waals surface area contributed by atoms with Crippen molar-refractivity contribution in [1.29, 1.82) is 0 Å². The van der Waals surface area contributed by atoms with Gasteiger partial charge >= 0.3 is 12.0 Å². The summed E-state index contributed by atoms with van der Waals surface area (Å²) in [4.78, 5) is 25.4. The zero-order valence-corrected chi connectivity index (χ0v) is 19.6. The molecular formula is C29H24N4O3. The fourth-order valence-corrected chi connectivity index (χ4v) is 4.00. The average Bonchev–Trinajstić information content (AvgIpc) is 3.33. The summed E-state index contributed by atoms with van der Waals surface area (Å²) in [5, 5.41) is 12.6. The minimum atomic E-state index is -0.419. The maximum Gasteiger partial charge on any atom is 0.338 e. The van der Waals surface area contributed by atoms with Crippen LogP contribution in [-0.4, -0.2) is 28.4 Å². The highest BCUT2D eigenvalue weighted by molar-refractivity contribution is 6.06. The summed E-state index contributed by atoms with van der Waals surface area (Å²) in [6.07, 6.45) is 0. The third-order valence-corrected chi connectivity index (χ3v) is 5.66. The van der Waals surface area contributed by atoms with Crippen LogP contribution in [-0.2, 0) is 4.74 Å². The van der Waals surface area contributed by atoms with Crippen molar-refractivity contribution < 1.29 is 14.3 Å². The molecule has 2 N–H and O–H groups in total. The van der Waals surface area contributed by atoms with Crippen LogP contribution < -0.4 is 10.6 Å². The molecule has 1 aromatic heterocycles. The standard InChI is InChI=1S/C29H24N4O3/c1-2-36-28(34)22-14-8-15-23(18-22)33-27(19-26(32-33)21-11-4-3-5-12-21)31-29(35)30-25-17-9-13-20-10-6-7-16-24(20)25/h3-19H,2H2,1H3,(H2,30,31,35). The van der Waals surface area contributed by atoms with Crippen molar-refractivity contribution in [2.45, 2.75) is 6.92 Å². The van der Waals surface area contributed by atoms with E-state index >= 15 is 0 Å². The van der Waals surface area contributed by atoms with Crippen molar-refractivity contribution in [3.05, 3.63) is 109 Å². The molecule has 5 rings (SSSR count). The molecule has 7 heteroatoms. The number of anilines is 2. The summed E-state index contributed by atoms with van der Waals surface area (Å²) in [7, 11) is 0. The Balaban J connectivity index is 1.49. The summed E-state index contributed by atoms with van der Waals surface area (Å²) in [6.45, 7) is 2.04. The molecule has 0 radical (unpaired) electrons. The largest absolute Gasteiger partial charge is 0.462 e. The van der Waals surface area contributed by atoms with Gasteiger partial charge in [0.2, 0.25) is 0 Å². The summed E-state index contributed by atoms with van der Waals surface area (Å²) in [5.41, 5.74) is 3.29. The third kappa shape index (κ3) is 4.81. The Morgan fingerprint density at radius 2 is 1.58 bits per heavy atom. The monoisotopic (exact) mass is 476 g/mol. The normalized spacial score (nSPS) is 10.7. The minimum absolute atomic E-state index is 0.282. The molecule has 0 aliphatic rings. The lowest BCUT2D eigenvalue weighted by Crippen LogP contribution is -2.21. The van der Waals surface area contributed by atoms with E-state index in [1.54, 1.807) is 35.9 Å². The molecule has 7 nitrogen and oxygen atoms in total. The molecule has 0 aliphatic heterocycles. The highest BCUT2D eigenvalue weighted by Crippen LogP contribution is 2.27. The van der Waals surface area contributed by atoms with Crippen LogP contribution >= 0.6 is 0 Å². The first-order valence-electron chi connectivity index (χ1n) is 11.6. The second-order valence-electron chi connectivity index (χ2n) is 8.07. The van der Waals surface area contributed by atoms with E-state index in [9.17, 15) is 9.59 Å². The smallest absolute Gasteiger partial charge is 0.338 e. The van der Waals surface area contributed by atoms with Crippen molar-refractivity contribution in [3.63, 3.8) is 0 Å². The Kier molecular flexibility index (Phi) is 6.44. The number of hydrogen-bond acceptors (Lipinski definition) is 4. The number of carbonyl (C=O) groups is 2.